The van der Waals surface area contributed by atoms with E-state index >= 15 is 0 Å². The molecule has 392 valence electrons. The fraction of sp³-hybridized carbons (Fsp3) is 0.0149. The number of nitrogens with two attached hydrogens (primary N) is 2. The molecule has 9 nitrogen and oxygen atoms in total. The van der Waals surface area contributed by atoms with E-state index in [0.29, 0.717) is 16.5 Å². The van der Waals surface area contributed by atoms with Gasteiger partial charge in [0.25, 0.3) is 0 Å². The van der Waals surface area contributed by atoms with Crippen LogP contribution >= 0.6 is 68.2 Å². The zero-order chi connectivity index (χ0) is 55.0. The Kier molecular flexibility index (Phi) is 14.3. The van der Waals surface area contributed by atoms with Crippen molar-refractivity contribution in [3.05, 3.63) is 240 Å². The minimum atomic E-state index is 0.577. The van der Waals surface area contributed by atoms with Gasteiger partial charge in [-0.1, -0.05) is 115 Å². The van der Waals surface area contributed by atoms with Gasteiger partial charge in [0.15, 0.2) is 0 Å². The number of anilines is 2. The average molecular weight is 1240 g/mol. The normalized spacial score (nSPS) is 11.2. The number of aromatic nitrogens is 6. The largest absolute Gasteiger partial charge is 0.497 e. The minimum absolute atomic E-state index is 0.577. The van der Waals surface area contributed by atoms with Crippen molar-refractivity contribution in [2.24, 2.45) is 0 Å². The van der Waals surface area contributed by atoms with Gasteiger partial charge < -0.3 is 21.2 Å². The van der Waals surface area contributed by atoms with Crippen LogP contribution in [0.25, 0.3) is 121 Å². The van der Waals surface area contributed by atoms with Crippen LogP contribution in [0.2, 0.25) is 5.15 Å². The van der Waals surface area contributed by atoms with Crippen LogP contribution in [0.15, 0.2) is 231 Å². The lowest BCUT2D eigenvalue weighted by Gasteiger charge is -2.08. The van der Waals surface area contributed by atoms with Crippen molar-refractivity contribution in [2.45, 2.75) is 0 Å². The lowest BCUT2D eigenvalue weighted by atomic mass is 10.1. The molecule has 5 N–H and O–H groups in total. The van der Waals surface area contributed by atoms with Crippen LogP contribution in [-0.4, -0.2) is 36.4 Å². The number of hydrogen-bond acceptors (Lipinski definition) is 10. The van der Waals surface area contributed by atoms with E-state index in [2.05, 4.69) is 183 Å². The topological polar surface area (TPSA) is 133 Å². The molecular weight excluding hydrogens is 1190 g/mol. The van der Waals surface area contributed by atoms with Gasteiger partial charge in [0.05, 0.1) is 55.2 Å². The predicted octanol–water partition coefficient (Wildman–Crippen LogP) is 19.4. The Morgan fingerprint density at radius 2 is 1.01 bits per heavy atom. The van der Waals surface area contributed by atoms with Crippen LogP contribution in [0.4, 0.5) is 11.4 Å². The maximum absolute atomic E-state index is 5.59. The molecule has 0 spiro atoms. The molecule has 0 radical (unpaired) electrons. The highest BCUT2D eigenvalue weighted by Crippen LogP contribution is 2.41. The Labute approximate surface area is 494 Å². The average Bonchev–Trinajstić information content (AvgIpc) is 4.06. The summed E-state index contributed by atoms with van der Waals surface area (Å²) in [6, 6.07) is 74.7. The zero-order valence-electron chi connectivity index (χ0n) is 43.2. The molecule has 0 unspecified atom stereocenters. The van der Waals surface area contributed by atoms with Gasteiger partial charge >= 0.3 is 0 Å². The smallest absolute Gasteiger partial charge is 0.146 e. The van der Waals surface area contributed by atoms with E-state index in [4.69, 9.17) is 42.8 Å². The number of nitrogens with one attached hydrogen (secondary N) is 1. The molecule has 0 aliphatic carbocycles. The summed E-state index contributed by atoms with van der Waals surface area (Å²) in [6.07, 6.45) is 3.55. The number of halogens is 2. The Hall–Kier alpha value is -8.70. The Morgan fingerprint density at radius 1 is 0.469 bits per heavy atom. The van der Waals surface area contributed by atoms with Gasteiger partial charge in [0, 0.05) is 89.2 Å². The molecule has 8 heterocycles. The second kappa shape index (κ2) is 22.4. The number of imidazole rings is 2. The van der Waals surface area contributed by atoms with E-state index in [1.54, 1.807) is 25.4 Å². The van der Waals surface area contributed by atoms with Crippen LogP contribution in [0, 0.1) is 3.57 Å². The van der Waals surface area contributed by atoms with Crippen LogP contribution in [0.1, 0.15) is 0 Å². The van der Waals surface area contributed by atoms with Gasteiger partial charge in [-0.3, -0.25) is 9.38 Å². The van der Waals surface area contributed by atoms with Crippen molar-refractivity contribution in [3.8, 4) is 17.1 Å². The SMILES string of the molecule is COc1ccc2c(c1)sc1ccccc12.Clc1ncccc1I.Nc1ccccc1N.c1ccc2[nH]c(-c3ccc4c(c3)sc3ccccc34)nc2c1.c1ccc2c(c1)nc1c3cc4sc5ccccc5c4cc3c3ncccc3n21. The molecule has 0 saturated heterocycles. The summed E-state index contributed by atoms with van der Waals surface area (Å²) >= 11 is 13.2. The Balaban J connectivity index is 0.000000104. The third-order valence-electron chi connectivity index (χ3n) is 13.9. The number of pyridine rings is 3. The van der Waals surface area contributed by atoms with E-state index in [0.717, 1.165) is 70.2 Å². The van der Waals surface area contributed by atoms with Gasteiger partial charge in [0.2, 0.25) is 0 Å². The van der Waals surface area contributed by atoms with Crippen LogP contribution in [0.5, 0.6) is 5.75 Å². The van der Waals surface area contributed by atoms with Crippen LogP contribution in [0.3, 0.4) is 0 Å². The molecule has 14 heteroatoms. The number of methoxy groups -OCH3 is 1. The fourth-order valence-corrected chi connectivity index (χ4v) is 13.9. The second-order valence-corrected chi connectivity index (χ2v) is 23.7. The first-order chi connectivity index (χ1) is 39.8. The molecule has 0 aliphatic rings. The number of hydrogen-bond donors (Lipinski definition) is 3. The third kappa shape index (κ3) is 10.2. The highest BCUT2D eigenvalue weighted by atomic mass is 127. The van der Waals surface area contributed by atoms with Crippen LogP contribution in [-0.2, 0) is 0 Å². The maximum Gasteiger partial charge on any atom is 0.146 e. The lowest BCUT2D eigenvalue weighted by Crippen LogP contribution is -1.93. The monoisotopic (exact) mass is 1240 g/mol. The van der Waals surface area contributed by atoms with Crippen molar-refractivity contribution in [3.63, 3.8) is 0 Å². The predicted molar refractivity (Wildman–Crippen MR) is 356 cm³/mol. The Bertz CT molecular complexity index is 5050. The fourth-order valence-electron chi connectivity index (χ4n) is 10.1. The Morgan fingerprint density at radius 3 is 1.65 bits per heavy atom. The van der Waals surface area contributed by atoms with Gasteiger partial charge in [-0.15, -0.1) is 34.0 Å². The third-order valence-corrected chi connectivity index (χ3v) is 18.8. The van der Waals surface area contributed by atoms with Gasteiger partial charge in [0.1, 0.15) is 22.4 Å². The zero-order valence-corrected chi connectivity index (χ0v) is 48.6. The number of rotatable bonds is 2. The quantitative estimate of drug-likeness (QED) is 0.0679. The highest BCUT2D eigenvalue weighted by molar-refractivity contribution is 14.1. The maximum atomic E-state index is 5.59. The summed E-state index contributed by atoms with van der Waals surface area (Å²) in [4.78, 5) is 21.7. The molecular formula is C67H46ClIN8OS3. The molecule has 81 heavy (non-hydrogen) atoms. The van der Waals surface area contributed by atoms with E-state index < -0.39 is 0 Å². The number of fused-ring (bicyclic) bond motifs is 18. The van der Waals surface area contributed by atoms with E-state index in [1.165, 1.54) is 60.5 Å². The first kappa shape index (κ1) is 51.7. The van der Waals surface area contributed by atoms with Crippen molar-refractivity contribution in [1.82, 2.24) is 29.3 Å². The van der Waals surface area contributed by atoms with Gasteiger partial charge in [-0.2, -0.15) is 0 Å². The molecule has 0 saturated carbocycles. The number of nitrogen functional groups attached to an aromatic ring is 2. The number of nitrogens with zero attached hydrogens (tertiary/aromatic N) is 5. The van der Waals surface area contributed by atoms with E-state index in [9.17, 15) is 0 Å². The molecule has 17 aromatic rings. The highest BCUT2D eigenvalue weighted by Gasteiger charge is 2.17. The summed E-state index contributed by atoms with van der Waals surface area (Å²) in [5, 5.41) is 10.8. The molecule has 8 aromatic heterocycles. The molecule has 9 aromatic carbocycles. The summed E-state index contributed by atoms with van der Waals surface area (Å²) in [5.41, 5.74) is 20.5. The number of benzene rings is 9. The van der Waals surface area contributed by atoms with Crippen molar-refractivity contribution in [1.29, 1.82) is 0 Å². The molecule has 0 aliphatic heterocycles. The summed E-state index contributed by atoms with van der Waals surface area (Å²) in [7, 11) is 1.70. The summed E-state index contributed by atoms with van der Waals surface area (Å²) < 4.78 is 16.3. The van der Waals surface area contributed by atoms with Crippen molar-refractivity contribution < 1.29 is 4.74 Å². The molecule has 0 atom stereocenters. The van der Waals surface area contributed by atoms with E-state index in [1.807, 2.05) is 101 Å². The lowest BCUT2D eigenvalue weighted by molar-refractivity contribution is 0.415. The standard InChI is InChI=1S/C24H13N3S.C19H12N2S.C13H10OS.C6H8N2.C5H3ClIN/c1-4-10-21-14(6-1)15-12-16-17(13-22(15)28-21)24-26-18-7-2-3-8-19(18)27(24)20-9-5-11-25-23(16)20;1-4-8-17-13(5-1)14-10-9-12(11-18(14)22-17)19-20-15-6-2-3-7-16(15)21-19;1-14-9-6-7-11-10-4-2-3-5-12(10)15-13(11)8-9;7-5-3-1-2-4-6(5)8;6-5-4(7)2-1-3-8-5/h1-13H;1-11H,(H,20,21);2-8H,1H3;1-4H,7-8H2;1-3H. The minimum Gasteiger partial charge on any atom is -0.497 e. The molecule has 17 rings (SSSR count). The number of ether oxygens (including phenoxy) is 1. The molecule has 0 fully saturated rings. The summed E-state index contributed by atoms with van der Waals surface area (Å²) in [6.45, 7) is 0. The van der Waals surface area contributed by atoms with Gasteiger partial charge in [-0.25, -0.2) is 15.0 Å². The van der Waals surface area contributed by atoms with Gasteiger partial charge in [-0.05, 0) is 138 Å². The van der Waals surface area contributed by atoms with E-state index in [-0.39, 0.29) is 0 Å². The molecule has 0 amide bonds. The number of H-pyrrole nitrogens is 1. The van der Waals surface area contributed by atoms with Crippen molar-refractivity contribution >= 4 is 190 Å². The van der Waals surface area contributed by atoms with Crippen LogP contribution < -0.4 is 16.2 Å². The first-order valence-electron chi connectivity index (χ1n) is 25.8. The molecule has 0 bridgehead atoms. The number of aromatic amines is 1. The first-order valence-corrected chi connectivity index (χ1v) is 29.7. The second-order valence-electron chi connectivity index (χ2n) is 18.9. The number of para-hydroxylation sites is 6. The number of thiophene rings is 3. The summed E-state index contributed by atoms with van der Waals surface area (Å²) in [5.74, 6) is 1.86. The van der Waals surface area contributed by atoms with Crippen molar-refractivity contribution in [2.75, 3.05) is 18.6 Å².